The molecule has 0 aliphatic rings. The molecule has 0 aliphatic heterocycles. The average Bonchev–Trinajstić information content (AvgIpc) is 2.39. The molecule has 1 unspecified atom stereocenters. The topological polar surface area (TPSA) is 15.3 Å². The molecular formula is C18H31FN2. The fraction of sp³-hybridized carbons (Fsp3) is 0.667. The van der Waals surface area contributed by atoms with Gasteiger partial charge in [-0.1, -0.05) is 45.7 Å². The molecule has 1 atom stereocenters. The van der Waals surface area contributed by atoms with Gasteiger partial charge in [-0.05, 0) is 43.6 Å². The van der Waals surface area contributed by atoms with Crippen molar-refractivity contribution in [3.8, 4) is 0 Å². The van der Waals surface area contributed by atoms with E-state index >= 15 is 0 Å². The molecule has 0 heterocycles. The molecule has 1 rings (SSSR count). The van der Waals surface area contributed by atoms with Gasteiger partial charge >= 0.3 is 0 Å². The van der Waals surface area contributed by atoms with Crippen molar-refractivity contribution in [3.63, 3.8) is 0 Å². The normalized spacial score (nSPS) is 13.7. The number of hydrogen-bond donors (Lipinski definition) is 1. The van der Waals surface area contributed by atoms with Gasteiger partial charge in [0.15, 0.2) is 0 Å². The second kappa shape index (κ2) is 8.50. The van der Waals surface area contributed by atoms with Crippen LogP contribution in [-0.2, 0) is 0 Å². The van der Waals surface area contributed by atoms with Crippen molar-refractivity contribution in [2.45, 2.75) is 46.1 Å². The van der Waals surface area contributed by atoms with E-state index in [1.165, 1.54) is 18.4 Å². The van der Waals surface area contributed by atoms with Crippen LogP contribution in [0.5, 0.6) is 0 Å². The number of hydrogen-bond acceptors (Lipinski definition) is 2. The zero-order valence-corrected chi connectivity index (χ0v) is 14.2. The van der Waals surface area contributed by atoms with Crippen LogP contribution in [0, 0.1) is 11.2 Å². The standard InChI is InChI=1S/C18H31FN2/c1-6-7-8-17(15-9-11-16(19)12-10-15)20-13-18(2,3)14-21(4)5/h9-12,17,20H,6-8,13-14H2,1-5H3. The molecule has 3 heteroatoms. The number of rotatable bonds is 9. The lowest BCUT2D eigenvalue weighted by molar-refractivity contribution is 0.223. The van der Waals surface area contributed by atoms with E-state index in [1.807, 2.05) is 12.1 Å². The van der Waals surface area contributed by atoms with E-state index < -0.39 is 0 Å². The predicted octanol–water partition coefficient (Wildman–Crippen LogP) is 4.23. The molecule has 1 aromatic carbocycles. The van der Waals surface area contributed by atoms with Crippen LogP contribution < -0.4 is 5.32 Å². The van der Waals surface area contributed by atoms with Gasteiger partial charge in [0.2, 0.25) is 0 Å². The fourth-order valence-electron chi connectivity index (χ4n) is 2.80. The van der Waals surface area contributed by atoms with Crippen molar-refractivity contribution >= 4 is 0 Å². The molecule has 2 nitrogen and oxygen atoms in total. The molecule has 0 aromatic heterocycles. The highest BCUT2D eigenvalue weighted by atomic mass is 19.1. The van der Waals surface area contributed by atoms with Gasteiger partial charge in [-0.25, -0.2) is 4.39 Å². The second-order valence-corrected chi connectivity index (χ2v) is 7.03. The summed E-state index contributed by atoms with van der Waals surface area (Å²) in [5.74, 6) is -0.166. The highest BCUT2D eigenvalue weighted by molar-refractivity contribution is 5.20. The predicted molar refractivity (Wildman–Crippen MR) is 89.0 cm³/mol. The number of nitrogens with one attached hydrogen (secondary N) is 1. The molecule has 120 valence electrons. The highest BCUT2D eigenvalue weighted by Crippen LogP contribution is 2.22. The van der Waals surface area contributed by atoms with E-state index in [-0.39, 0.29) is 11.2 Å². The van der Waals surface area contributed by atoms with Crippen LogP contribution in [0.15, 0.2) is 24.3 Å². The van der Waals surface area contributed by atoms with Crippen LogP contribution in [0.1, 0.15) is 51.6 Å². The Labute approximate surface area is 129 Å². The van der Waals surface area contributed by atoms with Crippen molar-refractivity contribution in [1.82, 2.24) is 10.2 Å². The van der Waals surface area contributed by atoms with Crippen molar-refractivity contribution in [2.24, 2.45) is 5.41 Å². The summed E-state index contributed by atoms with van der Waals surface area (Å²) in [6.07, 6.45) is 3.46. The average molecular weight is 294 g/mol. The number of unbranched alkanes of at least 4 members (excludes halogenated alkanes) is 1. The van der Waals surface area contributed by atoms with E-state index in [9.17, 15) is 4.39 Å². The highest BCUT2D eigenvalue weighted by Gasteiger charge is 2.21. The van der Waals surface area contributed by atoms with Gasteiger partial charge in [-0.3, -0.25) is 0 Å². The first-order chi connectivity index (χ1) is 9.84. The van der Waals surface area contributed by atoms with Crippen molar-refractivity contribution in [3.05, 3.63) is 35.6 Å². The molecule has 0 spiro atoms. The van der Waals surface area contributed by atoms with Gasteiger partial charge in [0.25, 0.3) is 0 Å². The van der Waals surface area contributed by atoms with E-state index in [1.54, 1.807) is 12.1 Å². The first-order valence-electron chi connectivity index (χ1n) is 7.97. The lowest BCUT2D eigenvalue weighted by atomic mass is 9.91. The summed E-state index contributed by atoms with van der Waals surface area (Å²) in [5.41, 5.74) is 1.40. The molecule has 0 fully saturated rings. The van der Waals surface area contributed by atoms with Crippen LogP contribution in [0.2, 0.25) is 0 Å². The van der Waals surface area contributed by atoms with Gasteiger partial charge in [0.05, 0.1) is 0 Å². The maximum atomic E-state index is 13.1. The minimum absolute atomic E-state index is 0.166. The number of halogens is 1. The summed E-state index contributed by atoms with van der Waals surface area (Å²) in [5, 5.41) is 3.69. The molecule has 0 saturated carbocycles. The fourth-order valence-corrected chi connectivity index (χ4v) is 2.80. The summed E-state index contributed by atoms with van der Waals surface area (Å²) in [6.45, 7) is 8.77. The smallest absolute Gasteiger partial charge is 0.123 e. The molecular weight excluding hydrogens is 263 g/mol. The third-order valence-corrected chi connectivity index (χ3v) is 3.69. The zero-order chi connectivity index (χ0) is 15.9. The Hall–Kier alpha value is -0.930. The Morgan fingerprint density at radius 1 is 1.19 bits per heavy atom. The second-order valence-electron chi connectivity index (χ2n) is 7.03. The third kappa shape index (κ3) is 7.05. The van der Waals surface area contributed by atoms with Crippen LogP contribution in [0.25, 0.3) is 0 Å². The quantitative estimate of drug-likeness (QED) is 0.733. The van der Waals surface area contributed by atoms with Gasteiger partial charge in [0.1, 0.15) is 5.82 Å². The molecule has 0 bridgehead atoms. The van der Waals surface area contributed by atoms with E-state index in [4.69, 9.17) is 0 Å². The van der Waals surface area contributed by atoms with E-state index in [0.717, 1.165) is 19.5 Å². The molecule has 21 heavy (non-hydrogen) atoms. The maximum absolute atomic E-state index is 13.1. The van der Waals surface area contributed by atoms with E-state index in [0.29, 0.717) is 6.04 Å². The Morgan fingerprint density at radius 3 is 2.33 bits per heavy atom. The van der Waals surface area contributed by atoms with Crippen LogP contribution in [-0.4, -0.2) is 32.1 Å². The Kier molecular flexibility index (Phi) is 7.33. The Balaban J connectivity index is 2.68. The number of benzene rings is 1. The molecule has 0 aliphatic carbocycles. The van der Waals surface area contributed by atoms with Crippen LogP contribution in [0.4, 0.5) is 4.39 Å². The van der Waals surface area contributed by atoms with Gasteiger partial charge in [-0.2, -0.15) is 0 Å². The molecule has 1 N–H and O–H groups in total. The third-order valence-electron chi connectivity index (χ3n) is 3.69. The first-order valence-corrected chi connectivity index (χ1v) is 7.97. The largest absolute Gasteiger partial charge is 0.309 e. The Morgan fingerprint density at radius 2 is 1.81 bits per heavy atom. The minimum atomic E-state index is -0.166. The summed E-state index contributed by atoms with van der Waals surface area (Å²) in [6, 6.07) is 7.23. The molecule has 1 aromatic rings. The first kappa shape index (κ1) is 18.1. The van der Waals surface area contributed by atoms with Crippen LogP contribution >= 0.6 is 0 Å². The lowest BCUT2D eigenvalue weighted by Crippen LogP contribution is -2.39. The summed E-state index contributed by atoms with van der Waals surface area (Å²) in [4.78, 5) is 2.22. The van der Waals surface area contributed by atoms with Gasteiger partial charge in [-0.15, -0.1) is 0 Å². The number of nitrogens with zero attached hydrogens (tertiary/aromatic N) is 1. The Bertz CT molecular complexity index is 398. The van der Waals surface area contributed by atoms with Crippen LogP contribution in [0.3, 0.4) is 0 Å². The van der Waals surface area contributed by atoms with Crippen molar-refractivity contribution in [2.75, 3.05) is 27.2 Å². The van der Waals surface area contributed by atoms with E-state index in [2.05, 4.69) is 45.1 Å². The minimum Gasteiger partial charge on any atom is -0.309 e. The maximum Gasteiger partial charge on any atom is 0.123 e. The van der Waals surface area contributed by atoms with Gasteiger partial charge in [0, 0.05) is 19.1 Å². The lowest BCUT2D eigenvalue weighted by Gasteiger charge is -2.31. The molecule has 0 radical (unpaired) electrons. The summed E-state index contributed by atoms with van der Waals surface area (Å²) in [7, 11) is 4.21. The van der Waals surface area contributed by atoms with Crippen molar-refractivity contribution in [1.29, 1.82) is 0 Å². The molecule has 0 saturated heterocycles. The van der Waals surface area contributed by atoms with Crippen molar-refractivity contribution < 1.29 is 4.39 Å². The SMILES string of the molecule is CCCCC(NCC(C)(C)CN(C)C)c1ccc(F)cc1. The monoisotopic (exact) mass is 294 g/mol. The zero-order valence-electron chi connectivity index (χ0n) is 14.2. The molecule has 0 amide bonds. The summed E-state index contributed by atoms with van der Waals surface area (Å²) < 4.78 is 13.1. The van der Waals surface area contributed by atoms with Gasteiger partial charge < -0.3 is 10.2 Å². The summed E-state index contributed by atoms with van der Waals surface area (Å²) >= 11 is 0.